The second-order valence-electron chi connectivity index (χ2n) is 6.64. The predicted octanol–water partition coefficient (Wildman–Crippen LogP) is 5.03. The summed E-state index contributed by atoms with van der Waals surface area (Å²) in [6.45, 7) is 0. The van der Waals surface area contributed by atoms with E-state index >= 15 is 0 Å². The molecule has 4 aromatic heterocycles. The molecular weight excluding hydrogens is 374 g/mol. The Morgan fingerprint density at radius 1 is 1.07 bits per heavy atom. The van der Waals surface area contributed by atoms with Crippen molar-refractivity contribution in [1.29, 1.82) is 0 Å². The minimum Gasteiger partial charge on any atom is -0.312 e. The molecule has 5 aromatic rings. The van der Waals surface area contributed by atoms with E-state index in [1.807, 2.05) is 0 Å². The van der Waals surface area contributed by atoms with Crippen molar-refractivity contribution in [3.8, 4) is 21.7 Å². The fourth-order valence-corrected chi connectivity index (χ4v) is 5.88. The van der Waals surface area contributed by atoms with E-state index in [-0.39, 0.29) is 5.56 Å². The molecule has 0 bridgehead atoms. The zero-order valence-corrected chi connectivity index (χ0v) is 15.8. The van der Waals surface area contributed by atoms with Gasteiger partial charge in [0.15, 0.2) is 0 Å². The maximum Gasteiger partial charge on any atom is 0.268 e. The van der Waals surface area contributed by atoms with Crippen LogP contribution in [-0.2, 0) is 12.8 Å². The lowest BCUT2D eigenvalue weighted by Gasteiger charge is -2.22. The van der Waals surface area contributed by atoms with Gasteiger partial charge in [0.25, 0.3) is 5.56 Å². The molecule has 0 amide bonds. The standard InChI is InChI=1S/C21H13N3OS2/c25-20-19-18(22-10-23-20)16-15(14-6-3-9-26-14)13-8-7-11-4-1-2-5-12(11)17(13)24-21(16)27-19/h1-6,9-10H,7-8H2,(H,22,23,25). The molecule has 0 spiro atoms. The van der Waals surface area contributed by atoms with Crippen LogP contribution in [0.4, 0.5) is 0 Å². The summed E-state index contributed by atoms with van der Waals surface area (Å²) < 4.78 is 0.647. The number of hydrogen-bond donors (Lipinski definition) is 1. The Bertz CT molecular complexity index is 1400. The number of aromatic nitrogens is 3. The van der Waals surface area contributed by atoms with E-state index in [9.17, 15) is 4.79 Å². The van der Waals surface area contributed by atoms with Gasteiger partial charge in [0, 0.05) is 21.4 Å². The summed E-state index contributed by atoms with van der Waals surface area (Å²) in [4.78, 5) is 26.7. The van der Waals surface area contributed by atoms with Gasteiger partial charge >= 0.3 is 0 Å². The second kappa shape index (κ2) is 5.58. The van der Waals surface area contributed by atoms with Gasteiger partial charge in [0.2, 0.25) is 0 Å². The van der Waals surface area contributed by atoms with Crippen LogP contribution in [0.5, 0.6) is 0 Å². The summed E-state index contributed by atoms with van der Waals surface area (Å²) in [7, 11) is 0. The number of pyridine rings is 1. The van der Waals surface area contributed by atoms with Gasteiger partial charge in [-0.25, -0.2) is 9.97 Å². The largest absolute Gasteiger partial charge is 0.312 e. The van der Waals surface area contributed by atoms with Gasteiger partial charge in [-0.2, -0.15) is 0 Å². The third kappa shape index (κ3) is 2.11. The fraction of sp³-hybridized carbons (Fsp3) is 0.0952. The number of nitrogens with zero attached hydrogens (tertiary/aromatic N) is 2. The molecule has 0 fully saturated rings. The lowest BCUT2D eigenvalue weighted by atomic mass is 9.85. The van der Waals surface area contributed by atoms with Crippen LogP contribution < -0.4 is 5.56 Å². The molecule has 6 rings (SSSR count). The molecule has 4 heterocycles. The maximum atomic E-state index is 12.4. The average Bonchev–Trinajstić information content (AvgIpc) is 3.35. The Morgan fingerprint density at radius 2 is 2.00 bits per heavy atom. The Balaban J connectivity index is 1.85. The number of aryl methyl sites for hydroxylation is 1. The molecular formula is C21H13N3OS2. The van der Waals surface area contributed by atoms with E-state index < -0.39 is 0 Å². The molecule has 0 radical (unpaired) electrons. The molecule has 0 saturated carbocycles. The molecule has 27 heavy (non-hydrogen) atoms. The summed E-state index contributed by atoms with van der Waals surface area (Å²) in [6.07, 6.45) is 3.44. The van der Waals surface area contributed by atoms with Crippen molar-refractivity contribution in [1.82, 2.24) is 15.0 Å². The molecule has 130 valence electrons. The number of thiophene rings is 2. The summed E-state index contributed by atoms with van der Waals surface area (Å²) in [5.41, 5.74) is 6.73. The van der Waals surface area contributed by atoms with Gasteiger partial charge < -0.3 is 4.98 Å². The fourth-order valence-electron chi connectivity index (χ4n) is 4.04. The van der Waals surface area contributed by atoms with E-state index in [1.165, 1.54) is 44.8 Å². The van der Waals surface area contributed by atoms with Crippen LogP contribution in [-0.4, -0.2) is 15.0 Å². The Hall–Kier alpha value is -2.83. The van der Waals surface area contributed by atoms with Crippen LogP contribution in [0.2, 0.25) is 0 Å². The third-order valence-corrected chi connectivity index (χ3v) is 7.15. The van der Waals surface area contributed by atoms with Crippen LogP contribution in [0.15, 0.2) is 52.9 Å². The first-order valence-electron chi connectivity index (χ1n) is 8.76. The highest BCUT2D eigenvalue weighted by Gasteiger charge is 2.26. The van der Waals surface area contributed by atoms with E-state index in [0.29, 0.717) is 4.70 Å². The quantitative estimate of drug-likeness (QED) is 0.439. The number of nitrogens with one attached hydrogen (secondary N) is 1. The van der Waals surface area contributed by atoms with Gasteiger partial charge in [0.05, 0.1) is 17.5 Å². The van der Waals surface area contributed by atoms with Crippen molar-refractivity contribution in [2.75, 3.05) is 0 Å². The van der Waals surface area contributed by atoms with Crippen LogP contribution in [0.25, 0.3) is 42.1 Å². The third-order valence-electron chi connectivity index (χ3n) is 5.20. The molecule has 1 aliphatic carbocycles. The molecule has 6 heteroatoms. The molecule has 0 atom stereocenters. The summed E-state index contributed by atoms with van der Waals surface area (Å²) in [6, 6.07) is 12.7. The van der Waals surface area contributed by atoms with Crippen molar-refractivity contribution in [2.24, 2.45) is 0 Å². The summed E-state index contributed by atoms with van der Waals surface area (Å²) in [5.74, 6) is 0. The molecule has 4 nitrogen and oxygen atoms in total. The van der Waals surface area contributed by atoms with Crippen molar-refractivity contribution >= 4 is 43.1 Å². The highest BCUT2D eigenvalue weighted by atomic mass is 32.1. The molecule has 1 N–H and O–H groups in total. The zero-order valence-electron chi connectivity index (χ0n) is 14.2. The molecule has 1 aromatic carbocycles. The summed E-state index contributed by atoms with van der Waals surface area (Å²) in [5, 5.41) is 3.11. The van der Waals surface area contributed by atoms with Gasteiger partial charge in [-0.3, -0.25) is 4.79 Å². The number of benzene rings is 1. The minimum atomic E-state index is -0.0986. The first-order valence-corrected chi connectivity index (χ1v) is 10.5. The van der Waals surface area contributed by atoms with E-state index in [0.717, 1.165) is 34.3 Å². The Kier molecular flexibility index (Phi) is 3.15. The minimum absolute atomic E-state index is 0.0986. The Morgan fingerprint density at radius 3 is 2.89 bits per heavy atom. The molecule has 0 aliphatic heterocycles. The first-order chi connectivity index (χ1) is 13.3. The molecule has 1 aliphatic rings. The van der Waals surface area contributed by atoms with Gasteiger partial charge in [-0.05, 0) is 35.4 Å². The second-order valence-corrected chi connectivity index (χ2v) is 8.59. The summed E-state index contributed by atoms with van der Waals surface area (Å²) >= 11 is 3.16. The highest BCUT2D eigenvalue weighted by molar-refractivity contribution is 7.25. The maximum absolute atomic E-state index is 12.4. The number of rotatable bonds is 1. The van der Waals surface area contributed by atoms with Crippen LogP contribution in [0.1, 0.15) is 11.1 Å². The molecule has 0 saturated heterocycles. The number of fused-ring (bicyclic) bond motifs is 6. The van der Waals surface area contributed by atoms with Crippen molar-refractivity contribution in [2.45, 2.75) is 12.8 Å². The van der Waals surface area contributed by atoms with Gasteiger partial charge in [-0.1, -0.05) is 30.3 Å². The Labute approximate surface area is 162 Å². The monoisotopic (exact) mass is 387 g/mol. The van der Waals surface area contributed by atoms with Crippen molar-refractivity contribution in [3.05, 3.63) is 69.6 Å². The average molecular weight is 387 g/mol. The first kappa shape index (κ1) is 15.2. The number of hydrogen-bond acceptors (Lipinski definition) is 5. The van der Waals surface area contributed by atoms with Gasteiger partial charge in [-0.15, -0.1) is 22.7 Å². The van der Waals surface area contributed by atoms with Crippen LogP contribution in [0.3, 0.4) is 0 Å². The number of H-pyrrole nitrogens is 1. The molecule has 0 unspecified atom stereocenters. The van der Waals surface area contributed by atoms with Crippen LogP contribution in [0, 0.1) is 0 Å². The zero-order chi connectivity index (χ0) is 18.0. The van der Waals surface area contributed by atoms with Gasteiger partial charge in [0.1, 0.15) is 9.53 Å². The number of aromatic amines is 1. The van der Waals surface area contributed by atoms with Crippen LogP contribution >= 0.6 is 22.7 Å². The van der Waals surface area contributed by atoms with E-state index in [4.69, 9.17) is 4.98 Å². The highest BCUT2D eigenvalue weighted by Crippen LogP contribution is 2.46. The van der Waals surface area contributed by atoms with Crippen molar-refractivity contribution < 1.29 is 0 Å². The predicted molar refractivity (Wildman–Crippen MR) is 112 cm³/mol. The van der Waals surface area contributed by atoms with E-state index in [2.05, 4.69) is 51.7 Å². The lowest BCUT2D eigenvalue weighted by molar-refractivity contribution is 0.936. The van der Waals surface area contributed by atoms with E-state index in [1.54, 1.807) is 11.3 Å². The van der Waals surface area contributed by atoms with Crippen molar-refractivity contribution in [3.63, 3.8) is 0 Å². The lowest BCUT2D eigenvalue weighted by Crippen LogP contribution is -2.07. The normalized spacial score (nSPS) is 13.0. The topological polar surface area (TPSA) is 58.6 Å². The smallest absolute Gasteiger partial charge is 0.268 e. The SMILES string of the molecule is O=c1[nH]cnc2c1sc1nc3c(c(-c4cccs4)c12)CCc1ccccc1-3.